The van der Waals surface area contributed by atoms with Crippen LogP contribution in [0.15, 0.2) is 127 Å². The Morgan fingerprint density at radius 1 is 0.560 bits per heavy atom. The Balaban J connectivity index is 0.00000432. The quantitative estimate of drug-likeness (QED) is 0.121. The van der Waals surface area contributed by atoms with E-state index >= 15 is 0 Å². The lowest BCUT2D eigenvalue weighted by atomic mass is 10.1. The first-order valence-corrected chi connectivity index (χ1v) is 17.7. The molecule has 5 nitrogen and oxygen atoms in total. The standard InChI is InChI=1S/C44H46N2O3.ClH/c1-34-42-30-41(49-33-37-14-8-5-9-15-37)24-25-43(42)46(44(34)38-18-22-40(23-19-38)48-32-36-12-6-4-7-13-36)31-35-16-20-39(21-17-35)47-29-28-45-26-10-2-3-11-27-45;/h4-9,12-25,30H,2-3,10-11,26-29,31-33H2,1H3;1H. The summed E-state index contributed by atoms with van der Waals surface area (Å²) in [5, 5.41) is 1.19. The smallest absolute Gasteiger partial charge is 0.120 e. The molecule has 1 saturated heterocycles. The second-order valence-corrected chi connectivity index (χ2v) is 13.1. The zero-order valence-corrected chi connectivity index (χ0v) is 29.7. The van der Waals surface area contributed by atoms with Crippen LogP contribution in [-0.2, 0) is 19.8 Å². The van der Waals surface area contributed by atoms with Crippen LogP contribution >= 0.6 is 12.4 Å². The highest BCUT2D eigenvalue weighted by Gasteiger charge is 2.18. The molecule has 6 aromatic rings. The van der Waals surface area contributed by atoms with E-state index in [1.807, 2.05) is 36.4 Å². The number of aromatic nitrogens is 1. The molecule has 1 aliphatic heterocycles. The fraction of sp³-hybridized carbons (Fsp3) is 0.273. The molecule has 0 amide bonds. The normalized spacial score (nSPS) is 13.4. The molecule has 0 spiro atoms. The molecule has 0 radical (unpaired) electrons. The summed E-state index contributed by atoms with van der Waals surface area (Å²) in [7, 11) is 0. The van der Waals surface area contributed by atoms with Gasteiger partial charge in [0.05, 0.1) is 5.69 Å². The molecule has 50 heavy (non-hydrogen) atoms. The number of halogens is 1. The summed E-state index contributed by atoms with van der Waals surface area (Å²) in [6.45, 7) is 8.15. The number of hydrogen-bond acceptors (Lipinski definition) is 4. The van der Waals surface area contributed by atoms with Crippen molar-refractivity contribution in [3.05, 3.63) is 150 Å². The largest absolute Gasteiger partial charge is 0.492 e. The van der Waals surface area contributed by atoms with Crippen LogP contribution in [0.5, 0.6) is 17.2 Å². The van der Waals surface area contributed by atoms with Gasteiger partial charge in [0.25, 0.3) is 0 Å². The van der Waals surface area contributed by atoms with Gasteiger partial charge in [-0.25, -0.2) is 0 Å². The predicted molar refractivity (Wildman–Crippen MR) is 207 cm³/mol. The van der Waals surface area contributed by atoms with Gasteiger partial charge in [-0.15, -0.1) is 12.4 Å². The number of likely N-dealkylation sites (tertiary alicyclic amines) is 1. The molecule has 5 aromatic carbocycles. The van der Waals surface area contributed by atoms with Gasteiger partial charge in [0, 0.05) is 24.0 Å². The van der Waals surface area contributed by atoms with E-state index in [-0.39, 0.29) is 12.4 Å². The maximum atomic E-state index is 6.25. The lowest BCUT2D eigenvalue weighted by Crippen LogP contribution is -2.29. The van der Waals surface area contributed by atoms with Crippen molar-refractivity contribution in [2.45, 2.75) is 52.4 Å². The molecule has 0 N–H and O–H groups in total. The van der Waals surface area contributed by atoms with Crippen LogP contribution in [0.4, 0.5) is 0 Å². The van der Waals surface area contributed by atoms with Crippen LogP contribution in [0, 0.1) is 6.92 Å². The Labute approximate surface area is 302 Å². The van der Waals surface area contributed by atoms with Gasteiger partial charge in [-0.1, -0.05) is 85.6 Å². The van der Waals surface area contributed by atoms with Crippen molar-refractivity contribution < 1.29 is 14.2 Å². The zero-order valence-electron chi connectivity index (χ0n) is 28.9. The number of rotatable bonds is 13. The van der Waals surface area contributed by atoms with E-state index in [0.29, 0.717) is 13.2 Å². The molecule has 0 saturated carbocycles. The minimum absolute atomic E-state index is 0. The van der Waals surface area contributed by atoms with Crippen LogP contribution in [0.2, 0.25) is 0 Å². The monoisotopic (exact) mass is 686 g/mol. The van der Waals surface area contributed by atoms with Crippen LogP contribution < -0.4 is 14.2 Å². The van der Waals surface area contributed by atoms with Crippen LogP contribution in [0.3, 0.4) is 0 Å². The molecule has 0 unspecified atom stereocenters. The Morgan fingerprint density at radius 2 is 1.12 bits per heavy atom. The van der Waals surface area contributed by atoms with E-state index in [1.165, 1.54) is 66.5 Å². The summed E-state index contributed by atoms with van der Waals surface area (Å²) in [6.07, 6.45) is 5.32. The summed E-state index contributed by atoms with van der Waals surface area (Å²) in [5.41, 5.74) is 8.30. The maximum absolute atomic E-state index is 6.25. The van der Waals surface area contributed by atoms with Crippen molar-refractivity contribution in [3.8, 4) is 28.5 Å². The SMILES string of the molecule is Cc1c(-c2ccc(OCc3ccccc3)cc2)n(Cc2ccc(OCCN3CCCCCC3)cc2)c2ccc(OCc3ccccc3)cc12.Cl. The van der Waals surface area contributed by atoms with Crippen molar-refractivity contribution in [2.24, 2.45) is 0 Å². The molecule has 1 aromatic heterocycles. The van der Waals surface area contributed by atoms with Gasteiger partial charge < -0.3 is 18.8 Å². The summed E-state index contributed by atoms with van der Waals surface area (Å²) in [4.78, 5) is 2.54. The van der Waals surface area contributed by atoms with Crippen molar-refractivity contribution in [1.82, 2.24) is 9.47 Å². The van der Waals surface area contributed by atoms with Gasteiger partial charge in [-0.05, 0) is 115 Å². The van der Waals surface area contributed by atoms with Crippen LogP contribution in [0.1, 0.15) is 47.9 Å². The zero-order chi connectivity index (χ0) is 33.3. The molecular weight excluding hydrogens is 640 g/mol. The van der Waals surface area contributed by atoms with E-state index in [1.54, 1.807) is 0 Å². The van der Waals surface area contributed by atoms with E-state index in [4.69, 9.17) is 14.2 Å². The predicted octanol–water partition coefficient (Wildman–Crippen LogP) is 10.5. The molecule has 2 heterocycles. The Kier molecular flexibility index (Phi) is 12.1. The van der Waals surface area contributed by atoms with Gasteiger partial charge >= 0.3 is 0 Å². The van der Waals surface area contributed by atoms with Gasteiger partial charge in [0.2, 0.25) is 0 Å². The minimum atomic E-state index is 0. The number of fused-ring (bicyclic) bond motifs is 1. The highest BCUT2D eigenvalue weighted by molar-refractivity contribution is 5.92. The molecule has 7 rings (SSSR count). The number of benzene rings is 5. The first kappa shape index (κ1) is 35.1. The van der Waals surface area contributed by atoms with Crippen LogP contribution in [-0.4, -0.2) is 35.7 Å². The molecule has 1 aliphatic rings. The van der Waals surface area contributed by atoms with Gasteiger partial charge in [0.1, 0.15) is 37.1 Å². The average Bonchev–Trinajstić information content (AvgIpc) is 3.28. The van der Waals surface area contributed by atoms with E-state index in [2.05, 4.69) is 107 Å². The third kappa shape index (κ3) is 8.90. The van der Waals surface area contributed by atoms with Gasteiger partial charge in [-0.3, -0.25) is 4.90 Å². The molecule has 0 bridgehead atoms. The lowest BCUT2D eigenvalue weighted by Gasteiger charge is -2.19. The topological polar surface area (TPSA) is 35.9 Å². The number of ether oxygens (including phenoxy) is 3. The molecule has 258 valence electrons. The Bertz CT molecular complexity index is 1920. The highest BCUT2D eigenvalue weighted by atomic mass is 35.5. The fourth-order valence-electron chi connectivity index (χ4n) is 6.84. The fourth-order valence-corrected chi connectivity index (χ4v) is 6.84. The molecule has 6 heteroatoms. The molecule has 1 fully saturated rings. The van der Waals surface area contributed by atoms with Crippen molar-refractivity contribution in [3.63, 3.8) is 0 Å². The minimum Gasteiger partial charge on any atom is -0.492 e. The second-order valence-electron chi connectivity index (χ2n) is 13.1. The number of aryl methyl sites for hydroxylation is 1. The summed E-state index contributed by atoms with van der Waals surface area (Å²) >= 11 is 0. The molecule has 0 atom stereocenters. The van der Waals surface area contributed by atoms with Gasteiger partial charge in [-0.2, -0.15) is 0 Å². The maximum Gasteiger partial charge on any atom is 0.120 e. The third-order valence-corrected chi connectivity index (χ3v) is 9.55. The van der Waals surface area contributed by atoms with Crippen molar-refractivity contribution in [1.29, 1.82) is 0 Å². The van der Waals surface area contributed by atoms with Crippen molar-refractivity contribution >= 4 is 23.3 Å². The third-order valence-electron chi connectivity index (χ3n) is 9.55. The van der Waals surface area contributed by atoms with E-state index in [0.717, 1.165) is 53.6 Å². The highest BCUT2D eigenvalue weighted by Crippen LogP contribution is 2.37. The first-order valence-electron chi connectivity index (χ1n) is 17.7. The van der Waals surface area contributed by atoms with E-state index in [9.17, 15) is 0 Å². The van der Waals surface area contributed by atoms with Gasteiger partial charge in [0.15, 0.2) is 0 Å². The molecule has 0 aliphatic carbocycles. The van der Waals surface area contributed by atoms with E-state index < -0.39 is 0 Å². The van der Waals surface area contributed by atoms with Crippen molar-refractivity contribution in [2.75, 3.05) is 26.2 Å². The number of nitrogens with zero attached hydrogens (tertiary/aromatic N) is 2. The molecular formula is C44H47ClN2O3. The van der Waals surface area contributed by atoms with Crippen LogP contribution in [0.25, 0.3) is 22.2 Å². The Morgan fingerprint density at radius 3 is 1.76 bits per heavy atom. The first-order chi connectivity index (χ1) is 24.2. The summed E-state index contributed by atoms with van der Waals surface area (Å²) in [5.74, 6) is 2.66. The lowest BCUT2D eigenvalue weighted by molar-refractivity contribution is 0.214. The summed E-state index contributed by atoms with van der Waals surface area (Å²) < 4.78 is 21.0. The Hall–Kier alpha value is -4.71. The summed E-state index contributed by atoms with van der Waals surface area (Å²) in [6, 6.07) is 44.2. The average molecular weight is 687 g/mol. The number of hydrogen-bond donors (Lipinski definition) is 0. The second kappa shape index (κ2) is 17.3.